The van der Waals surface area contributed by atoms with E-state index in [-0.39, 0.29) is 37.1 Å². The molecule has 3 aromatic rings. The number of hydrogen-bond acceptors (Lipinski definition) is 5. The molecule has 2 amide bonds. The van der Waals surface area contributed by atoms with Crippen LogP contribution < -0.4 is 5.69 Å². The largest absolute Gasteiger partial charge is 0.493 e. The minimum atomic E-state index is -4.61. The molecule has 14 heteroatoms. The number of carbonyl (C=O) groups is 2. The molecule has 0 aliphatic carbocycles. The lowest BCUT2D eigenvalue weighted by molar-refractivity contribution is -0.165. The molecule has 2 aliphatic heterocycles. The van der Waals surface area contributed by atoms with Crippen molar-refractivity contribution in [2.75, 3.05) is 19.6 Å². The molecule has 4 heterocycles. The highest BCUT2D eigenvalue weighted by Gasteiger charge is 2.39. The van der Waals surface area contributed by atoms with Gasteiger partial charge in [-0.15, -0.1) is 0 Å². The quantitative estimate of drug-likeness (QED) is 0.403. The highest BCUT2D eigenvalue weighted by atomic mass is 35.5. The summed E-state index contributed by atoms with van der Waals surface area (Å²) >= 11 is 6.35. The van der Waals surface area contributed by atoms with Crippen LogP contribution in [0.3, 0.4) is 0 Å². The van der Waals surface area contributed by atoms with Gasteiger partial charge in [-0.1, -0.05) is 11.6 Å². The Morgan fingerprint density at radius 1 is 1.22 bits per heavy atom. The second kappa shape index (κ2) is 9.43. The van der Waals surface area contributed by atoms with E-state index in [9.17, 15) is 32.7 Å². The third-order valence-corrected chi connectivity index (χ3v) is 7.45. The van der Waals surface area contributed by atoms with Crippen molar-refractivity contribution in [1.82, 2.24) is 30.0 Å². The van der Waals surface area contributed by atoms with Crippen molar-refractivity contribution in [3.8, 4) is 5.88 Å². The van der Waals surface area contributed by atoms with Crippen LogP contribution in [-0.2, 0) is 22.6 Å². The zero-order valence-corrected chi connectivity index (χ0v) is 20.2. The summed E-state index contributed by atoms with van der Waals surface area (Å²) in [5.41, 5.74) is 1.49. The Labute approximate surface area is 212 Å². The van der Waals surface area contributed by atoms with Gasteiger partial charge in [-0.2, -0.15) is 18.3 Å². The molecule has 5 rings (SSSR count). The van der Waals surface area contributed by atoms with E-state index in [2.05, 4.69) is 20.2 Å². The first kappa shape index (κ1) is 25.2. The second-order valence-corrected chi connectivity index (χ2v) is 9.97. The maximum Gasteiger partial charge on any atom is 0.406 e. The van der Waals surface area contributed by atoms with Gasteiger partial charge >= 0.3 is 11.9 Å². The van der Waals surface area contributed by atoms with E-state index in [4.69, 9.17) is 11.6 Å². The van der Waals surface area contributed by atoms with Crippen LogP contribution in [0, 0.1) is 5.92 Å². The van der Waals surface area contributed by atoms with E-state index in [1.165, 1.54) is 6.20 Å². The molecule has 1 unspecified atom stereocenters. The molecule has 1 fully saturated rings. The van der Waals surface area contributed by atoms with Gasteiger partial charge in [0.1, 0.15) is 6.54 Å². The third-order valence-electron chi connectivity index (χ3n) is 7.15. The summed E-state index contributed by atoms with van der Waals surface area (Å²) in [5, 5.41) is 17.4. The number of rotatable bonds is 4. The number of amides is 2. The number of nitrogens with one attached hydrogen (secondary N) is 3. The number of aromatic amines is 3. The molecule has 0 saturated carbocycles. The predicted molar refractivity (Wildman–Crippen MR) is 126 cm³/mol. The van der Waals surface area contributed by atoms with Crippen molar-refractivity contribution in [2.24, 2.45) is 5.92 Å². The van der Waals surface area contributed by atoms with Crippen LogP contribution in [0.15, 0.2) is 17.1 Å². The Kier molecular flexibility index (Phi) is 6.42. The lowest BCUT2D eigenvalue weighted by Gasteiger charge is -2.33. The number of likely N-dealkylation sites (tertiary alicyclic amines) is 1. The summed E-state index contributed by atoms with van der Waals surface area (Å²) in [6.45, 7) is -1.06. The van der Waals surface area contributed by atoms with Crippen molar-refractivity contribution in [3.05, 3.63) is 44.6 Å². The molecule has 198 valence electrons. The molecule has 0 radical (unpaired) electrons. The predicted octanol–water partition coefficient (Wildman–Crippen LogP) is 2.80. The number of fused-ring (bicyclic) bond motifs is 3. The van der Waals surface area contributed by atoms with Crippen LogP contribution in [-0.4, -0.2) is 72.7 Å². The number of aromatic hydroxyl groups is 1. The van der Waals surface area contributed by atoms with E-state index in [0.717, 1.165) is 4.90 Å². The van der Waals surface area contributed by atoms with Gasteiger partial charge in [0.15, 0.2) is 0 Å². The highest BCUT2D eigenvalue weighted by Crippen LogP contribution is 2.36. The summed E-state index contributed by atoms with van der Waals surface area (Å²) < 4.78 is 40.1. The number of nitrogens with zero attached hydrogens (tertiary/aromatic N) is 3. The van der Waals surface area contributed by atoms with Crippen molar-refractivity contribution in [3.63, 3.8) is 0 Å². The first-order chi connectivity index (χ1) is 17.5. The molecule has 0 bridgehead atoms. The molecule has 1 saturated heterocycles. The van der Waals surface area contributed by atoms with Crippen LogP contribution in [0.1, 0.15) is 42.0 Å². The minimum Gasteiger partial charge on any atom is -0.493 e. The summed E-state index contributed by atoms with van der Waals surface area (Å²) in [7, 11) is 0. The maximum absolute atomic E-state index is 13.4. The first-order valence-electron chi connectivity index (χ1n) is 11.8. The topological polar surface area (TPSA) is 138 Å². The van der Waals surface area contributed by atoms with Crippen molar-refractivity contribution in [2.45, 2.75) is 44.3 Å². The zero-order valence-electron chi connectivity index (χ0n) is 19.5. The van der Waals surface area contributed by atoms with Gasteiger partial charge in [0.25, 0.3) is 0 Å². The number of halogens is 4. The van der Waals surface area contributed by atoms with Gasteiger partial charge < -0.3 is 19.9 Å². The van der Waals surface area contributed by atoms with E-state index in [1.54, 1.807) is 11.0 Å². The van der Waals surface area contributed by atoms with Gasteiger partial charge in [-0.25, -0.2) is 4.79 Å². The fraction of sp³-hybridized carbons (Fsp3) is 0.478. The molecule has 1 aromatic carbocycles. The molecular weight excluding hydrogens is 517 g/mol. The minimum absolute atomic E-state index is 0.0734. The van der Waals surface area contributed by atoms with Gasteiger partial charge in [-0.05, 0) is 36.5 Å². The van der Waals surface area contributed by atoms with Gasteiger partial charge in [0.2, 0.25) is 17.7 Å². The monoisotopic (exact) mass is 540 g/mol. The van der Waals surface area contributed by atoms with Crippen LogP contribution in [0.25, 0.3) is 10.9 Å². The molecule has 37 heavy (non-hydrogen) atoms. The van der Waals surface area contributed by atoms with E-state index >= 15 is 0 Å². The fourth-order valence-electron chi connectivity index (χ4n) is 5.38. The van der Waals surface area contributed by atoms with Gasteiger partial charge in [0.05, 0.1) is 28.3 Å². The third kappa shape index (κ3) is 5.04. The van der Waals surface area contributed by atoms with Crippen molar-refractivity contribution >= 4 is 34.3 Å². The van der Waals surface area contributed by atoms with E-state index in [0.29, 0.717) is 58.7 Å². The first-order valence-corrected chi connectivity index (χ1v) is 12.2. The highest BCUT2D eigenvalue weighted by molar-refractivity contribution is 6.35. The molecule has 10 nitrogen and oxygen atoms in total. The van der Waals surface area contributed by atoms with Crippen LogP contribution in [0.5, 0.6) is 5.88 Å². The van der Waals surface area contributed by atoms with Crippen molar-refractivity contribution < 1.29 is 27.9 Å². The normalized spacial score (nSPS) is 19.4. The maximum atomic E-state index is 13.4. The Morgan fingerprint density at radius 2 is 1.95 bits per heavy atom. The summed E-state index contributed by atoms with van der Waals surface area (Å²) in [5.74, 6) is -2.45. The Bertz CT molecular complexity index is 1410. The Hall–Kier alpha value is -3.48. The Morgan fingerprint density at radius 3 is 2.59 bits per heavy atom. The average molecular weight is 541 g/mol. The summed E-state index contributed by atoms with van der Waals surface area (Å²) in [4.78, 5) is 45.0. The van der Waals surface area contributed by atoms with E-state index < -0.39 is 30.2 Å². The fourth-order valence-corrected chi connectivity index (χ4v) is 5.66. The molecule has 1 atom stereocenters. The number of benzene rings is 1. The smallest absolute Gasteiger partial charge is 0.406 e. The molecule has 0 spiro atoms. The number of piperidine rings is 1. The Balaban J connectivity index is 1.35. The van der Waals surface area contributed by atoms with E-state index in [1.807, 2.05) is 0 Å². The number of carbonyl (C=O) groups excluding carboxylic acids is 2. The molecular formula is C23H24ClF3N6O4. The molecule has 2 aliphatic rings. The zero-order chi connectivity index (χ0) is 26.5. The number of hydrogen-bond donors (Lipinski definition) is 4. The lowest BCUT2D eigenvalue weighted by atomic mass is 9.91. The second-order valence-electron chi connectivity index (χ2n) is 9.57. The summed E-state index contributed by atoms with van der Waals surface area (Å²) in [6.07, 6.45) is -2.36. The van der Waals surface area contributed by atoms with Crippen LogP contribution in [0.4, 0.5) is 13.2 Å². The SMILES string of the molecule is O=C(CC1Cc2cc(Cl)c3[nH]ncc3c2CN(CC(F)(F)F)C1=O)N1CCC(c2[nH]c(=O)[nH]c2O)CC1. The van der Waals surface area contributed by atoms with Gasteiger partial charge in [0, 0.05) is 37.4 Å². The van der Waals surface area contributed by atoms with Gasteiger partial charge in [-0.3, -0.25) is 19.7 Å². The summed E-state index contributed by atoms with van der Waals surface area (Å²) in [6, 6.07) is 1.62. The lowest BCUT2D eigenvalue weighted by Crippen LogP contribution is -2.44. The van der Waals surface area contributed by atoms with Crippen molar-refractivity contribution in [1.29, 1.82) is 0 Å². The molecule has 4 N–H and O–H groups in total. The number of aromatic nitrogens is 4. The van der Waals surface area contributed by atoms with Crippen LogP contribution >= 0.6 is 11.6 Å². The average Bonchev–Trinajstić information content (AvgIpc) is 3.43. The standard InChI is InChI=1S/C23H24ClF3N6O4/c24-16-6-12-5-13(7-17(34)32-3-1-11(2-4-32)18-20(35)30-22(37)29-18)21(36)33(10-23(25,26)27)9-15(12)14-8-28-31-19(14)16/h6,8,11,13,35H,1-5,7,9-10H2,(H,28,31)(H2,29,30,37). The number of H-pyrrole nitrogens is 3. The number of imidazole rings is 1. The number of alkyl halides is 3. The van der Waals surface area contributed by atoms with Crippen LogP contribution in [0.2, 0.25) is 5.02 Å². The molecule has 2 aromatic heterocycles.